The van der Waals surface area contributed by atoms with Gasteiger partial charge in [0, 0.05) is 0 Å². The van der Waals surface area contributed by atoms with E-state index in [-0.39, 0.29) is 12.2 Å². The van der Waals surface area contributed by atoms with Crippen molar-refractivity contribution in [2.75, 3.05) is 13.1 Å². The van der Waals surface area contributed by atoms with E-state index in [9.17, 15) is 9.18 Å². The van der Waals surface area contributed by atoms with E-state index in [0.717, 1.165) is 53.4 Å². The first-order chi connectivity index (χ1) is 10.6. The Kier molecular flexibility index (Phi) is 4.12. The Labute approximate surface area is 129 Å². The Balaban J connectivity index is 2.21. The molecule has 0 radical (unpaired) electrons. The fourth-order valence-corrected chi connectivity index (χ4v) is 3.54. The number of aliphatic carboxylic acids is 1. The van der Waals surface area contributed by atoms with Crippen LogP contribution < -0.4 is 5.32 Å². The summed E-state index contributed by atoms with van der Waals surface area (Å²) >= 11 is 0. The second-order valence-corrected chi connectivity index (χ2v) is 6.03. The fourth-order valence-electron chi connectivity index (χ4n) is 3.54. The number of carbonyl (C=O) groups is 1. The monoisotopic (exact) mass is 301 g/mol. The number of carboxylic acids is 1. The molecule has 1 aliphatic rings. The van der Waals surface area contributed by atoms with Crippen LogP contribution in [0.4, 0.5) is 4.39 Å². The number of benzene rings is 2. The van der Waals surface area contributed by atoms with Crippen LogP contribution in [-0.2, 0) is 11.2 Å². The van der Waals surface area contributed by atoms with Crippen LogP contribution in [-0.4, -0.2) is 24.2 Å². The first kappa shape index (κ1) is 15.0. The van der Waals surface area contributed by atoms with Crippen LogP contribution in [0.15, 0.2) is 24.3 Å². The summed E-state index contributed by atoms with van der Waals surface area (Å²) in [5.41, 5.74) is 2.97. The number of hydrogen-bond acceptors (Lipinski definition) is 2. The van der Waals surface area contributed by atoms with Crippen LogP contribution in [0.2, 0.25) is 0 Å². The van der Waals surface area contributed by atoms with Gasteiger partial charge in [0.2, 0.25) is 0 Å². The molecule has 0 aromatic heterocycles. The molecular weight excluding hydrogens is 281 g/mol. The number of hydrogen-bond donors (Lipinski definition) is 2. The largest absolute Gasteiger partial charge is 0.481 e. The Morgan fingerprint density at radius 1 is 1.32 bits per heavy atom. The molecule has 0 atom stereocenters. The van der Waals surface area contributed by atoms with Gasteiger partial charge >= 0.3 is 5.97 Å². The minimum Gasteiger partial charge on any atom is -0.481 e. The van der Waals surface area contributed by atoms with Crippen molar-refractivity contribution in [2.45, 2.75) is 32.1 Å². The summed E-state index contributed by atoms with van der Waals surface area (Å²) < 4.78 is 13.7. The van der Waals surface area contributed by atoms with Crippen molar-refractivity contribution < 1.29 is 14.3 Å². The summed E-state index contributed by atoms with van der Waals surface area (Å²) in [7, 11) is 0. The van der Waals surface area contributed by atoms with Crippen molar-refractivity contribution in [3.05, 3.63) is 46.8 Å². The van der Waals surface area contributed by atoms with Crippen molar-refractivity contribution in [2.24, 2.45) is 0 Å². The Hall–Kier alpha value is -1.94. The highest BCUT2D eigenvalue weighted by Crippen LogP contribution is 2.36. The molecule has 2 aromatic carbocycles. The highest BCUT2D eigenvalue weighted by Gasteiger charge is 2.22. The first-order valence-electron chi connectivity index (χ1n) is 7.70. The van der Waals surface area contributed by atoms with Gasteiger partial charge in [-0.25, -0.2) is 4.39 Å². The maximum atomic E-state index is 13.7. The molecule has 4 heteroatoms. The lowest BCUT2D eigenvalue weighted by atomic mass is 9.82. The summed E-state index contributed by atoms with van der Waals surface area (Å²) in [5, 5.41) is 14.3. The van der Waals surface area contributed by atoms with Crippen LogP contribution in [0.5, 0.6) is 0 Å². The van der Waals surface area contributed by atoms with Crippen LogP contribution in [0.3, 0.4) is 0 Å². The van der Waals surface area contributed by atoms with Crippen LogP contribution in [0.25, 0.3) is 10.8 Å². The summed E-state index contributed by atoms with van der Waals surface area (Å²) in [6, 6.07) is 6.67. The molecule has 116 valence electrons. The van der Waals surface area contributed by atoms with Crippen molar-refractivity contribution >= 4 is 16.7 Å². The quantitative estimate of drug-likeness (QED) is 0.913. The molecular formula is C18H20FNO2. The molecule has 1 aliphatic heterocycles. The molecule has 22 heavy (non-hydrogen) atoms. The Bertz CT molecular complexity index is 721. The number of carboxylic acid groups (broad SMARTS) is 1. The lowest BCUT2D eigenvalue weighted by Crippen LogP contribution is -2.27. The number of piperidine rings is 1. The van der Waals surface area contributed by atoms with Crippen molar-refractivity contribution in [3.63, 3.8) is 0 Å². The van der Waals surface area contributed by atoms with E-state index < -0.39 is 5.97 Å². The van der Waals surface area contributed by atoms with E-state index >= 15 is 0 Å². The second kappa shape index (κ2) is 6.05. The molecule has 1 saturated heterocycles. The maximum absolute atomic E-state index is 13.7. The second-order valence-electron chi connectivity index (χ2n) is 6.03. The lowest BCUT2D eigenvalue weighted by Gasteiger charge is -2.27. The van der Waals surface area contributed by atoms with Gasteiger partial charge in [0.25, 0.3) is 0 Å². The van der Waals surface area contributed by atoms with Gasteiger partial charge in [-0.15, -0.1) is 0 Å². The predicted molar refractivity (Wildman–Crippen MR) is 84.8 cm³/mol. The third-order valence-corrected chi connectivity index (χ3v) is 4.61. The molecule has 0 spiro atoms. The smallest absolute Gasteiger partial charge is 0.307 e. The van der Waals surface area contributed by atoms with E-state index in [4.69, 9.17) is 5.11 Å². The predicted octanol–water partition coefficient (Wildman–Crippen LogP) is 3.38. The van der Waals surface area contributed by atoms with E-state index in [1.165, 1.54) is 6.07 Å². The highest BCUT2D eigenvalue weighted by molar-refractivity contribution is 5.89. The molecule has 1 heterocycles. The van der Waals surface area contributed by atoms with Crippen LogP contribution in [0, 0.1) is 12.7 Å². The zero-order valence-electron chi connectivity index (χ0n) is 12.7. The lowest BCUT2D eigenvalue weighted by molar-refractivity contribution is -0.136. The third kappa shape index (κ3) is 2.83. The van der Waals surface area contributed by atoms with Crippen molar-refractivity contribution in [1.82, 2.24) is 5.32 Å². The van der Waals surface area contributed by atoms with Gasteiger partial charge in [0.15, 0.2) is 0 Å². The molecule has 0 aliphatic carbocycles. The molecule has 1 fully saturated rings. The van der Waals surface area contributed by atoms with E-state index in [1.54, 1.807) is 12.1 Å². The van der Waals surface area contributed by atoms with Gasteiger partial charge in [-0.1, -0.05) is 12.1 Å². The van der Waals surface area contributed by atoms with Crippen LogP contribution in [0.1, 0.15) is 35.4 Å². The van der Waals surface area contributed by atoms with Crippen molar-refractivity contribution in [1.29, 1.82) is 0 Å². The Morgan fingerprint density at radius 2 is 2.05 bits per heavy atom. The number of halogens is 1. The topological polar surface area (TPSA) is 49.3 Å². The molecule has 2 aromatic rings. The zero-order valence-corrected chi connectivity index (χ0v) is 12.7. The van der Waals surface area contributed by atoms with E-state index in [0.29, 0.717) is 5.92 Å². The number of nitrogens with one attached hydrogen (secondary N) is 1. The summed E-state index contributed by atoms with van der Waals surface area (Å²) in [6.07, 6.45) is 2.02. The minimum absolute atomic E-state index is 0.0110. The highest BCUT2D eigenvalue weighted by atomic mass is 19.1. The number of rotatable bonds is 3. The minimum atomic E-state index is -0.833. The third-order valence-electron chi connectivity index (χ3n) is 4.61. The van der Waals surface area contributed by atoms with Gasteiger partial charge in [0.05, 0.1) is 6.42 Å². The van der Waals surface area contributed by atoms with Gasteiger partial charge in [-0.05, 0) is 78.4 Å². The molecule has 0 saturated carbocycles. The summed E-state index contributed by atoms with van der Waals surface area (Å²) in [4.78, 5) is 11.1. The molecule has 0 unspecified atom stereocenters. The van der Waals surface area contributed by atoms with Gasteiger partial charge in [-0.3, -0.25) is 4.79 Å². The number of fused-ring (bicyclic) bond motifs is 1. The standard InChI is InChI=1S/C18H20FNO2/c1-11-14(9-17(21)22)8-13-2-3-15(19)10-16(13)18(11)12-4-6-20-7-5-12/h2-3,8,10,12,20H,4-7,9H2,1H3,(H,21,22). The van der Waals surface area contributed by atoms with Crippen molar-refractivity contribution in [3.8, 4) is 0 Å². The maximum Gasteiger partial charge on any atom is 0.307 e. The van der Waals surface area contributed by atoms with Crippen LogP contribution >= 0.6 is 0 Å². The normalized spacial score (nSPS) is 16.1. The Morgan fingerprint density at radius 3 is 2.73 bits per heavy atom. The molecule has 0 bridgehead atoms. The van der Waals surface area contributed by atoms with E-state index in [1.807, 2.05) is 13.0 Å². The summed E-state index contributed by atoms with van der Waals surface area (Å²) in [6.45, 7) is 3.87. The van der Waals surface area contributed by atoms with Gasteiger partial charge < -0.3 is 10.4 Å². The average Bonchev–Trinajstić information content (AvgIpc) is 2.49. The fraction of sp³-hybridized carbons (Fsp3) is 0.389. The molecule has 3 nitrogen and oxygen atoms in total. The van der Waals surface area contributed by atoms with Gasteiger partial charge in [-0.2, -0.15) is 0 Å². The summed E-state index contributed by atoms with van der Waals surface area (Å²) in [5.74, 6) is -0.715. The first-order valence-corrected chi connectivity index (χ1v) is 7.70. The SMILES string of the molecule is Cc1c(CC(=O)O)cc2ccc(F)cc2c1C1CCNCC1. The van der Waals surface area contributed by atoms with E-state index in [2.05, 4.69) is 5.32 Å². The molecule has 0 amide bonds. The zero-order chi connectivity index (χ0) is 15.7. The average molecular weight is 301 g/mol. The van der Waals surface area contributed by atoms with Gasteiger partial charge in [0.1, 0.15) is 5.82 Å². The molecule has 2 N–H and O–H groups in total. The molecule has 3 rings (SSSR count).